The Labute approximate surface area is 155 Å². The smallest absolute Gasteiger partial charge is 0.262 e. The average Bonchev–Trinajstić information content (AvgIpc) is 3.16. The van der Waals surface area contributed by atoms with Crippen molar-refractivity contribution in [3.05, 3.63) is 50.6 Å². The molecule has 0 saturated heterocycles. The van der Waals surface area contributed by atoms with Gasteiger partial charge in [-0.15, -0.1) is 11.3 Å². The number of aromatic nitrogens is 2. The lowest BCUT2D eigenvalue weighted by molar-refractivity contribution is -0.118. The molecular formula is C20H21N3O2S. The van der Waals surface area contributed by atoms with E-state index in [2.05, 4.69) is 0 Å². The molecule has 2 heterocycles. The number of thiophene rings is 1. The van der Waals surface area contributed by atoms with Gasteiger partial charge in [0, 0.05) is 23.4 Å². The molecule has 1 aromatic carbocycles. The van der Waals surface area contributed by atoms with E-state index in [0.717, 1.165) is 40.6 Å². The van der Waals surface area contributed by atoms with E-state index >= 15 is 0 Å². The largest absolute Gasteiger partial charge is 0.370 e. The maximum atomic E-state index is 13.3. The molecule has 4 rings (SSSR count). The lowest BCUT2D eigenvalue weighted by Crippen LogP contribution is -2.24. The first-order valence-corrected chi connectivity index (χ1v) is 9.76. The van der Waals surface area contributed by atoms with Crippen LogP contribution in [0.5, 0.6) is 0 Å². The number of benzene rings is 1. The molecule has 6 heteroatoms. The van der Waals surface area contributed by atoms with Gasteiger partial charge in [-0.25, -0.2) is 4.98 Å². The first-order chi connectivity index (χ1) is 12.5. The predicted molar refractivity (Wildman–Crippen MR) is 105 cm³/mol. The van der Waals surface area contributed by atoms with Crippen LogP contribution in [0.15, 0.2) is 29.1 Å². The minimum Gasteiger partial charge on any atom is -0.370 e. The molecule has 2 aromatic heterocycles. The zero-order valence-electron chi connectivity index (χ0n) is 14.7. The van der Waals surface area contributed by atoms with Crippen molar-refractivity contribution in [3.63, 3.8) is 0 Å². The minimum atomic E-state index is -0.347. The van der Waals surface area contributed by atoms with Crippen LogP contribution in [0, 0.1) is 6.92 Å². The maximum Gasteiger partial charge on any atom is 0.262 e. The second kappa shape index (κ2) is 6.68. The Morgan fingerprint density at radius 3 is 2.96 bits per heavy atom. The van der Waals surface area contributed by atoms with Crippen LogP contribution in [0.4, 0.5) is 0 Å². The maximum absolute atomic E-state index is 13.3. The number of carbonyl (C=O) groups is 1. The predicted octanol–water partition coefficient (Wildman–Crippen LogP) is 3.19. The van der Waals surface area contributed by atoms with Gasteiger partial charge >= 0.3 is 0 Å². The summed E-state index contributed by atoms with van der Waals surface area (Å²) in [4.78, 5) is 31.4. The lowest BCUT2D eigenvalue weighted by Gasteiger charge is -2.13. The number of hydrogen-bond donors (Lipinski definition) is 1. The van der Waals surface area contributed by atoms with Gasteiger partial charge in [-0.1, -0.05) is 23.8 Å². The fraction of sp³-hybridized carbons (Fsp3) is 0.350. The highest BCUT2D eigenvalue weighted by Crippen LogP contribution is 2.35. The van der Waals surface area contributed by atoms with E-state index in [1.54, 1.807) is 15.9 Å². The van der Waals surface area contributed by atoms with Crippen LogP contribution >= 0.6 is 11.3 Å². The molecule has 0 saturated carbocycles. The number of fused-ring (bicyclic) bond motifs is 3. The summed E-state index contributed by atoms with van der Waals surface area (Å²) in [6.07, 6.45) is 3.90. The number of aryl methyl sites for hydroxylation is 3. The second-order valence-electron chi connectivity index (χ2n) is 6.87. The van der Waals surface area contributed by atoms with Crippen LogP contribution in [-0.2, 0) is 24.2 Å². The van der Waals surface area contributed by atoms with Crippen molar-refractivity contribution in [1.82, 2.24) is 9.55 Å². The van der Waals surface area contributed by atoms with E-state index in [1.807, 2.05) is 31.2 Å². The first kappa shape index (κ1) is 17.0. The zero-order chi connectivity index (χ0) is 18.3. The van der Waals surface area contributed by atoms with Crippen LogP contribution in [0.25, 0.3) is 21.6 Å². The third kappa shape index (κ3) is 2.94. The summed E-state index contributed by atoms with van der Waals surface area (Å²) in [6, 6.07) is 8.02. The molecule has 26 heavy (non-hydrogen) atoms. The number of nitrogens with two attached hydrogens (primary N) is 1. The first-order valence-electron chi connectivity index (χ1n) is 8.95. The van der Waals surface area contributed by atoms with Crippen molar-refractivity contribution in [2.45, 2.75) is 45.6 Å². The van der Waals surface area contributed by atoms with E-state index in [9.17, 15) is 9.59 Å². The van der Waals surface area contributed by atoms with Crippen LogP contribution in [0.1, 0.15) is 35.3 Å². The summed E-state index contributed by atoms with van der Waals surface area (Å²) < 4.78 is 1.73. The van der Waals surface area contributed by atoms with Crippen molar-refractivity contribution < 1.29 is 4.79 Å². The fourth-order valence-electron chi connectivity index (χ4n) is 3.70. The van der Waals surface area contributed by atoms with Crippen molar-refractivity contribution in [3.8, 4) is 11.4 Å². The Hall–Kier alpha value is -2.47. The quantitative estimate of drug-likeness (QED) is 0.752. The SMILES string of the molecule is Cc1cccc(-c2nc3sc4c(c3c(=O)n2CCCC(N)=O)CCC4)c1. The van der Waals surface area contributed by atoms with E-state index < -0.39 is 0 Å². The molecule has 0 fully saturated rings. The average molecular weight is 367 g/mol. The highest BCUT2D eigenvalue weighted by atomic mass is 32.1. The summed E-state index contributed by atoms with van der Waals surface area (Å²) in [5.74, 6) is 0.330. The van der Waals surface area contributed by atoms with Crippen LogP contribution < -0.4 is 11.3 Å². The third-order valence-electron chi connectivity index (χ3n) is 4.91. The van der Waals surface area contributed by atoms with Gasteiger partial charge in [0.05, 0.1) is 5.39 Å². The number of carbonyl (C=O) groups excluding carboxylic acids is 1. The normalized spacial score (nSPS) is 13.3. The number of hydrogen-bond acceptors (Lipinski definition) is 4. The summed E-state index contributed by atoms with van der Waals surface area (Å²) >= 11 is 1.65. The molecule has 0 bridgehead atoms. The van der Waals surface area contributed by atoms with Gasteiger partial charge in [0.25, 0.3) is 5.56 Å². The molecule has 5 nitrogen and oxygen atoms in total. The topological polar surface area (TPSA) is 78.0 Å². The molecular weight excluding hydrogens is 346 g/mol. The Morgan fingerprint density at radius 1 is 1.35 bits per heavy atom. The number of amides is 1. The molecule has 2 N–H and O–H groups in total. The molecule has 1 aliphatic rings. The van der Waals surface area contributed by atoms with E-state index in [4.69, 9.17) is 10.7 Å². The zero-order valence-corrected chi connectivity index (χ0v) is 15.6. The summed E-state index contributed by atoms with van der Waals surface area (Å²) in [5.41, 5.74) is 8.51. The van der Waals surface area contributed by atoms with Crippen LogP contribution in [-0.4, -0.2) is 15.5 Å². The van der Waals surface area contributed by atoms with E-state index in [1.165, 1.54) is 10.4 Å². The Morgan fingerprint density at radius 2 is 2.19 bits per heavy atom. The van der Waals surface area contributed by atoms with Crippen LogP contribution in [0.3, 0.4) is 0 Å². The van der Waals surface area contributed by atoms with Gasteiger partial charge in [0.2, 0.25) is 5.91 Å². The molecule has 1 amide bonds. The molecule has 0 atom stereocenters. The van der Waals surface area contributed by atoms with E-state index in [-0.39, 0.29) is 17.9 Å². The van der Waals surface area contributed by atoms with Crippen molar-refractivity contribution in [2.75, 3.05) is 0 Å². The number of primary amides is 1. The third-order valence-corrected chi connectivity index (χ3v) is 6.09. The number of rotatable bonds is 5. The molecule has 0 aliphatic heterocycles. The molecule has 1 aliphatic carbocycles. The van der Waals surface area contributed by atoms with Crippen molar-refractivity contribution in [1.29, 1.82) is 0 Å². The van der Waals surface area contributed by atoms with Crippen molar-refractivity contribution in [2.24, 2.45) is 5.73 Å². The fourth-order valence-corrected chi connectivity index (χ4v) is 4.95. The Bertz CT molecular complexity index is 1060. The van der Waals surface area contributed by atoms with Gasteiger partial charge in [-0.05, 0) is 44.2 Å². The highest BCUT2D eigenvalue weighted by molar-refractivity contribution is 7.18. The molecule has 134 valence electrons. The van der Waals surface area contributed by atoms with Gasteiger partial charge in [-0.2, -0.15) is 0 Å². The van der Waals surface area contributed by atoms with Gasteiger partial charge in [-0.3, -0.25) is 14.2 Å². The molecule has 0 radical (unpaired) electrons. The molecule has 3 aromatic rings. The summed E-state index contributed by atoms with van der Waals surface area (Å²) in [6.45, 7) is 2.47. The highest BCUT2D eigenvalue weighted by Gasteiger charge is 2.23. The Kier molecular flexibility index (Phi) is 4.36. The molecule has 0 unspecified atom stereocenters. The van der Waals surface area contributed by atoms with Crippen LogP contribution in [0.2, 0.25) is 0 Å². The monoisotopic (exact) mass is 367 g/mol. The van der Waals surface area contributed by atoms with Gasteiger partial charge in [0.15, 0.2) is 0 Å². The van der Waals surface area contributed by atoms with E-state index in [0.29, 0.717) is 18.8 Å². The Balaban J connectivity index is 1.90. The lowest BCUT2D eigenvalue weighted by atomic mass is 10.1. The van der Waals surface area contributed by atoms with Gasteiger partial charge in [0.1, 0.15) is 10.7 Å². The summed E-state index contributed by atoms with van der Waals surface area (Å²) in [7, 11) is 0. The molecule has 0 spiro atoms. The number of nitrogens with zero attached hydrogens (tertiary/aromatic N) is 2. The minimum absolute atomic E-state index is 0.00961. The second-order valence-corrected chi connectivity index (χ2v) is 7.95. The standard InChI is InChI=1S/C20H21N3O2S/c1-12-5-2-6-13(11-12)18-22-19-17(14-7-3-8-15(14)26-19)20(25)23(18)10-4-9-16(21)24/h2,5-6,11H,3-4,7-10H2,1H3,(H2,21,24). The summed E-state index contributed by atoms with van der Waals surface area (Å²) in [5, 5.41) is 0.776. The van der Waals surface area contributed by atoms with Gasteiger partial charge < -0.3 is 5.73 Å². The van der Waals surface area contributed by atoms with Crippen molar-refractivity contribution >= 4 is 27.5 Å².